The number of aryl methyl sites for hydroxylation is 1. The summed E-state index contributed by atoms with van der Waals surface area (Å²) in [7, 11) is 0. The van der Waals surface area contributed by atoms with E-state index in [0.29, 0.717) is 0 Å². The van der Waals surface area contributed by atoms with E-state index in [1.165, 1.54) is 0 Å². The van der Waals surface area contributed by atoms with Crippen LogP contribution in [0.3, 0.4) is 0 Å². The fraction of sp³-hybridized carbons (Fsp3) is 0.333. The Morgan fingerprint density at radius 1 is 1.89 bits per heavy atom. The molecule has 0 aliphatic rings. The zero-order valence-electron chi connectivity index (χ0n) is 11.3. The summed E-state index contributed by atoms with van der Waals surface area (Å²) in [4.78, 5) is 0. The highest BCUT2D eigenvalue weighted by atomic mass is 79.9. The Balaban J connectivity index is 3.41. The fourth-order valence-corrected chi connectivity index (χ4v) is 0.489. The highest BCUT2D eigenvalue weighted by Gasteiger charge is 1.89. The largest absolute Gasteiger partial charge is 0.155 e. The minimum Gasteiger partial charge on any atom is -0.155 e. The van der Waals surface area contributed by atoms with Crippen LogP contribution in [-0.2, 0) is 6.37 Å². The molecule has 0 amide bonds. The van der Waals surface area contributed by atoms with Crippen molar-refractivity contribution in [3.63, 3.8) is 0 Å². The van der Waals surface area contributed by atoms with E-state index < -0.39 is 31.0 Å². The standard InChI is InChI=1S/C6H7BrN2/c1-2-5-3-4-6(7)9-8-5/h3-4H,2H2,1H3/i1D3,2D2,3D,4D. The van der Waals surface area contributed by atoms with E-state index in [0.717, 1.165) is 0 Å². The van der Waals surface area contributed by atoms with Gasteiger partial charge in [-0.05, 0) is 34.4 Å². The number of halogens is 1. The molecule has 0 unspecified atom stereocenters. The van der Waals surface area contributed by atoms with Crippen molar-refractivity contribution in [1.82, 2.24) is 10.2 Å². The molecular weight excluding hydrogens is 180 g/mol. The minimum atomic E-state index is -2.96. The predicted octanol–water partition coefficient (Wildman–Crippen LogP) is 1.80. The Hall–Kier alpha value is -0.440. The molecule has 48 valence electrons. The maximum atomic E-state index is 7.46. The second kappa shape index (κ2) is 2.92. The summed E-state index contributed by atoms with van der Waals surface area (Å²) in [6.45, 7) is -2.96. The topological polar surface area (TPSA) is 25.8 Å². The third kappa shape index (κ3) is 1.75. The molecule has 0 saturated heterocycles. The van der Waals surface area contributed by atoms with Gasteiger partial charge in [0.25, 0.3) is 0 Å². The van der Waals surface area contributed by atoms with Crippen LogP contribution >= 0.6 is 15.9 Å². The van der Waals surface area contributed by atoms with Crippen LogP contribution in [0.25, 0.3) is 0 Å². The maximum absolute atomic E-state index is 7.46. The van der Waals surface area contributed by atoms with Crippen molar-refractivity contribution in [2.75, 3.05) is 0 Å². The lowest BCUT2D eigenvalue weighted by Crippen LogP contribution is -1.88. The van der Waals surface area contributed by atoms with Crippen molar-refractivity contribution in [1.29, 1.82) is 0 Å². The molecule has 1 aromatic heterocycles. The molecule has 0 aliphatic heterocycles. The van der Waals surface area contributed by atoms with Crippen molar-refractivity contribution in [2.24, 2.45) is 0 Å². The molecule has 1 aromatic rings. The lowest BCUT2D eigenvalue weighted by molar-refractivity contribution is 0.905. The zero-order chi connectivity index (χ0) is 12.7. The first-order chi connectivity index (χ1) is 7.09. The van der Waals surface area contributed by atoms with Crippen LogP contribution in [0.2, 0.25) is 0 Å². The molecule has 2 nitrogen and oxygen atoms in total. The molecular formula is C6H7BrN2. The Morgan fingerprint density at radius 2 is 2.78 bits per heavy atom. The van der Waals surface area contributed by atoms with Gasteiger partial charge in [0.15, 0.2) is 0 Å². The lowest BCUT2D eigenvalue weighted by Gasteiger charge is -1.90. The molecule has 1 rings (SSSR count). The van der Waals surface area contributed by atoms with Gasteiger partial charge in [0.2, 0.25) is 0 Å². The second-order valence-corrected chi connectivity index (χ2v) is 1.97. The molecule has 0 N–H and O–H groups in total. The van der Waals surface area contributed by atoms with Crippen LogP contribution in [0.15, 0.2) is 16.7 Å². The molecule has 0 aromatic carbocycles. The monoisotopic (exact) mass is 193 g/mol. The summed E-state index contributed by atoms with van der Waals surface area (Å²) in [6, 6.07) is -0.971. The molecule has 0 aliphatic carbocycles. The third-order valence-electron chi connectivity index (χ3n) is 0.640. The van der Waals surface area contributed by atoms with Crippen LogP contribution in [0.1, 0.15) is 22.1 Å². The van der Waals surface area contributed by atoms with Crippen molar-refractivity contribution < 1.29 is 9.60 Å². The smallest absolute Gasteiger partial charge is 0.128 e. The van der Waals surface area contributed by atoms with Gasteiger partial charge in [-0.3, -0.25) is 0 Å². The summed E-state index contributed by atoms with van der Waals surface area (Å²) in [6.07, 6.45) is -2.80. The Morgan fingerprint density at radius 3 is 3.56 bits per heavy atom. The van der Waals surface area contributed by atoms with Crippen LogP contribution in [-0.4, -0.2) is 10.2 Å². The van der Waals surface area contributed by atoms with Crippen LogP contribution in [0.5, 0.6) is 0 Å². The second-order valence-electron chi connectivity index (χ2n) is 1.21. The summed E-state index contributed by atoms with van der Waals surface area (Å²) in [5.41, 5.74) is -0.652. The zero-order valence-corrected chi connectivity index (χ0v) is 5.86. The van der Waals surface area contributed by atoms with Gasteiger partial charge < -0.3 is 0 Å². The average molecular weight is 194 g/mol. The number of nitrogens with zero attached hydrogens (tertiary/aromatic N) is 2. The molecule has 0 atom stereocenters. The van der Waals surface area contributed by atoms with E-state index in [4.69, 9.17) is 9.60 Å². The summed E-state index contributed by atoms with van der Waals surface area (Å²) >= 11 is 2.85. The van der Waals surface area contributed by atoms with Gasteiger partial charge in [-0.1, -0.05) is 6.85 Å². The summed E-state index contributed by atoms with van der Waals surface area (Å²) in [5.74, 6) is 0. The molecule has 0 fully saturated rings. The molecule has 0 radical (unpaired) electrons. The molecule has 9 heavy (non-hydrogen) atoms. The Bertz CT molecular complexity index is 416. The van der Waals surface area contributed by atoms with Crippen LogP contribution < -0.4 is 0 Å². The number of rotatable bonds is 1. The van der Waals surface area contributed by atoms with Crippen molar-refractivity contribution >= 4 is 15.9 Å². The van der Waals surface area contributed by atoms with Gasteiger partial charge >= 0.3 is 0 Å². The highest BCUT2D eigenvalue weighted by molar-refractivity contribution is 9.10. The van der Waals surface area contributed by atoms with E-state index in [-0.39, 0.29) is 4.60 Å². The molecule has 0 bridgehead atoms. The van der Waals surface area contributed by atoms with Crippen molar-refractivity contribution in [3.8, 4) is 0 Å². The van der Waals surface area contributed by atoms with E-state index in [1.807, 2.05) is 0 Å². The minimum absolute atomic E-state index is 0.0254. The van der Waals surface area contributed by atoms with E-state index in [9.17, 15) is 0 Å². The normalized spacial score (nSPS) is 23.9. The molecule has 1 heterocycles. The Labute approximate surface area is 72.3 Å². The lowest BCUT2D eigenvalue weighted by atomic mass is 10.3. The summed E-state index contributed by atoms with van der Waals surface area (Å²) in [5, 5.41) is 6.73. The first-order valence-corrected chi connectivity index (χ1v) is 2.88. The highest BCUT2D eigenvalue weighted by Crippen LogP contribution is 2.02. The van der Waals surface area contributed by atoms with Gasteiger partial charge in [-0.25, -0.2) is 0 Å². The van der Waals surface area contributed by atoms with E-state index >= 15 is 0 Å². The molecule has 3 heteroatoms. The maximum Gasteiger partial charge on any atom is 0.128 e. The quantitative estimate of drug-likeness (QED) is 0.681. The van der Waals surface area contributed by atoms with Gasteiger partial charge in [0.1, 0.15) is 4.60 Å². The predicted molar refractivity (Wildman–Crippen MR) is 39.1 cm³/mol. The molecule has 0 saturated carbocycles. The third-order valence-corrected chi connectivity index (χ3v) is 0.997. The van der Waals surface area contributed by atoms with E-state index in [1.54, 1.807) is 0 Å². The van der Waals surface area contributed by atoms with Crippen molar-refractivity contribution in [2.45, 2.75) is 13.2 Å². The van der Waals surface area contributed by atoms with Gasteiger partial charge in [-0.2, -0.15) is 5.10 Å². The first-order valence-electron chi connectivity index (χ1n) is 5.59. The Kier molecular flexibility index (Phi) is 0.655. The van der Waals surface area contributed by atoms with Gasteiger partial charge in [-0.15, -0.1) is 5.10 Å². The number of hydrogen-bond acceptors (Lipinski definition) is 2. The first kappa shape index (κ1) is 2.02. The van der Waals surface area contributed by atoms with Crippen molar-refractivity contribution in [3.05, 3.63) is 22.4 Å². The van der Waals surface area contributed by atoms with Gasteiger partial charge in [0, 0.05) is 6.85 Å². The fourth-order valence-electron chi connectivity index (χ4n) is 0.311. The van der Waals surface area contributed by atoms with E-state index in [2.05, 4.69) is 26.1 Å². The average Bonchev–Trinajstić information content (AvgIpc) is 2.12. The summed E-state index contributed by atoms with van der Waals surface area (Å²) < 4.78 is 50.7. The SMILES string of the molecule is [2H]c1c(Br)nnc(C([2H])([2H])C([2H])([2H])[2H])c1[2H]. The van der Waals surface area contributed by atoms with Crippen LogP contribution in [0, 0.1) is 0 Å². The van der Waals surface area contributed by atoms with Gasteiger partial charge in [0.05, 0.1) is 8.44 Å². The molecule has 0 spiro atoms. The number of hydrogen-bond donors (Lipinski definition) is 0. The number of aromatic nitrogens is 2. The van der Waals surface area contributed by atoms with Crippen LogP contribution in [0.4, 0.5) is 0 Å².